The molecule has 28 heavy (non-hydrogen) atoms. The summed E-state index contributed by atoms with van der Waals surface area (Å²) in [7, 11) is 1.54. The molecule has 0 saturated carbocycles. The summed E-state index contributed by atoms with van der Waals surface area (Å²) >= 11 is 1.19. The van der Waals surface area contributed by atoms with Gasteiger partial charge in [-0.1, -0.05) is 6.07 Å². The predicted molar refractivity (Wildman–Crippen MR) is 107 cm³/mol. The number of rotatable bonds is 5. The molecule has 2 N–H and O–H groups in total. The van der Waals surface area contributed by atoms with Gasteiger partial charge in [-0.25, -0.2) is 9.37 Å². The van der Waals surface area contributed by atoms with Crippen molar-refractivity contribution in [1.82, 2.24) is 4.98 Å². The average Bonchev–Trinajstić information content (AvgIpc) is 3.09. The molecule has 0 aliphatic carbocycles. The summed E-state index contributed by atoms with van der Waals surface area (Å²) in [5.74, 6) is -0.509. The van der Waals surface area contributed by atoms with Gasteiger partial charge in [-0.2, -0.15) is 0 Å². The third-order valence-electron chi connectivity index (χ3n) is 3.96. The van der Waals surface area contributed by atoms with E-state index in [1.54, 1.807) is 36.8 Å². The van der Waals surface area contributed by atoms with E-state index in [1.807, 2.05) is 6.92 Å². The monoisotopic (exact) mass is 399 g/mol. The highest BCUT2D eigenvalue weighted by Gasteiger charge is 2.14. The normalized spacial score (nSPS) is 10.4. The Bertz CT molecular complexity index is 1050. The number of nitrogens with one attached hydrogen (secondary N) is 2. The summed E-state index contributed by atoms with van der Waals surface area (Å²) in [6, 6.07) is 9.50. The van der Waals surface area contributed by atoms with Gasteiger partial charge in [-0.3, -0.25) is 14.9 Å². The van der Waals surface area contributed by atoms with Gasteiger partial charge in [-0.15, -0.1) is 11.3 Å². The smallest absolute Gasteiger partial charge is 0.257 e. The van der Waals surface area contributed by atoms with Crippen molar-refractivity contribution in [3.05, 3.63) is 58.7 Å². The Morgan fingerprint density at radius 3 is 2.61 bits per heavy atom. The molecule has 1 aromatic heterocycles. The minimum Gasteiger partial charge on any atom is -0.496 e. The molecule has 0 aliphatic rings. The molecule has 0 atom stereocenters. The summed E-state index contributed by atoms with van der Waals surface area (Å²) < 4.78 is 19.6. The van der Waals surface area contributed by atoms with Crippen LogP contribution in [0.3, 0.4) is 0 Å². The lowest BCUT2D eigenvalue weighted by Gasteiger charge is -2.07. The third-order valence-corrected chi connectivity index (χ3v) is 4.72. The zero-order chi connectivity index (χ0) is 20.3. The second-order valence-corrected chi connectivity index (χ2v) is 6.91. The number of carbonyl (C=O) groups is 2. The number of hydrogen-bond donors (Lipinski definition) is 2. The lowest BCUT2D eigenvalue weighted by Crippen LogP contribution is -2.12. The van der Waals surface area contributed by atoms with Crippen LogP contribution in [0.25, 0.3) is 11.3 Å². The molecule has 0 saturated heterocycles. The second kappa shape index (κ2) is 8.18. The first-order chi connectivity index (χ1) is 13.4. The number of hydrogen-bond acceptors (Lipinski definition) is 5. The standard InChI is InChI=1S/C20H18FN3O3S/c1-11-4-5-13(8-18(11)27-3)19(26)24-20-23-17(10-28-20)15-7-6-14(9-16(15)21)22-12(2)25/h4-10H,1-3H3,(H,22,25)(H,23,24,26). The summed E-state index contributed by atoms with van der Waals surface area (Å²) in [5.41, 5.74) is 2.40. The molecule has 0 aliphatic heterocycles. The van der Waals surface area contributed by atoms with Crippen LogP contribution >= 0.6 is 11.3 Å². The van der Waals surface area contributed by atoms with E-state index in [1.165, 1.54) is 30.4 Å². The van der Waals surface area contributed by atoms with Crippen LogP contribution in [-0.2, 0) is 4.79 Å². The van der Waals surface area contributed by atoms with Crippen LogP contribution in [0.1, 0.15) is 22.8 Å². The van der Waals surface area contributed by atoms with Gasteiger partial charge in [0.2, 0.25) is 5.91 Å². The Morgan fingerprint density at radius 1 is 1.14 bits per heavy atom. The van der Waals surface area contributed by atoms with Crippen molar-refractivity contribution in [3.63, 3.8) is 0 Å². The number of halogens is 1. The minimum absolute atomic E-state index is 0.279. The fourth-order valence-corrected chi connectivity index (χ4v) is 3.29. The summed E-state index contributed by atoms with van der Waals surface area (Å²) in [6.07, 6.45) is 0. The molecule has 3 aromatic rings. The molecule has 1 heterocycles. The van der Waals surface area contributed by atoms with Crippen LogP contribution in [0.15, 0.2) is 41.8 Å². The van der Waals surface area contributed by atoms with Gasteiger partial charge in [0.15, 0.2) is 5.13 Å². The van der Waals surface area contributed by atoms with Gasteiger partial charge in [0.25, 0.3) is 5.91 Å². The first-order valence-corrected chi connectivity index (χ1v) is 9.24. The maximum Gasteiger partial charge on any atom is 0.257 e. The average molecular weight is 399 g/mol. The van der Waals surface area contributed by atoms with Gasteiger partial charge < -0.3 is 10.1 Å². The highest BCUT2D eigenvalue weighted by Crippen LogP contribution is 2.29. The first-order valence-electron chi connectivity index (χ1n) is 8.36. The molecule has 0 radical (unpaired) electrons. The molecule has 6 nitrogen and oxygen atoms in total. The Balaban J connectivity index is 1.77. The van der Waals surface area contributed by atoms with Gasteiger partial charge in [0.05, 0.1) is 12.8 Å². The number of methoxy groups -OCH3 is 1. The second-order valence-electron chi connectivity index (χ2n) is 6.05. The van der Waals surface area contributed by atoms with Gasteiger partial charge in [0.1, 0.15) is 11.6 Å². The zero-order valence-electron chi connectivity index (χ0n) is 15.5. The van der Waals surface area contributed by atoms with Crippen molar-refractivity contribution in [1.29, 1.82) is 0 Å². The Kier molecular flexibility index (Phi) is 5.70. The van der Waals surface area contributed by atoms with E-state index in [2.05, 4.69) is 15.6 Å². The van der Waals surface area contributed by atoms with Crippen LogP contribution in [0.5, 0.6) is 5.75 Å². The van der Waals surface area contributed by atoms with Crippen molar-refractivity contribution in [2.45, 2.75) is 13.8 Å². The number of thiazole rings is 1. The summed E-state index contributed by atoms with van der Waals surface area (Å²) in [6.45, 7) is 3.24. The highest BCUT2D eigenvalue weighted by molar-refractivity contribution is 7.14. The van der Waals surface area contributed by atoms with Gasteiger partial charge in [-0.05, 0) is 42.8 Å². The number of anilines is 2. The van der Waals surface area contributed by atoms with Crippen LogP contribution < -0.4 is 15.4 Å². The molecule has 2 amide bonds. The topological polar surface area (TPSA) is 80.3 Å². The quantitative estimate of drug-likeness (QED) is 0.663. The van der Waals surface area contributed by atoms with Crippen LogP contribution in [0.4, 0.5) is 15.2 Å². The predicted octanol–water partition coefficient (Wildman–Crippen LogP) is 4.48. The van der Waals surface area contributed by atoms with E-state index in [4.69, 9.17) is 4.74 Å². The Hall–Kier alpha value is -3.26. The molecule has 0 spiro atoms. The zero-order valence-corrected chi connectivity index (χ0v) is 16.3. The highest BCUT2D eigenvalue weighted by atomic mass is 32.1. The van der Waals surface area contributed by atoms with Crippen LogP contribution in [0, 0.1) is 12.7 Å². The molecule has 0 unspecified atom stereocenters. The molecule has 0 fully saturated rings. The number of aromatic nitrogens is 1. The molecule has 144 valence electrons. The number of aryl methyl sites for hydroxylation is 1. The van der Waals surface area contributed by atoms with Crippen LogP contribution in [-0.4, -0.2) is 23.9 Å². The molecular weight excluding hydrogens is 381 g/mol. The van der Waals surface area contributed by atoms with Crippen molar-refractivity contribution in [2.24, 2.45) is 0 Å². The van der Waals surface area contributed by atoms with Crippen molar-refractivity contribution < 1.29 is 18.7 Å². The summed E-state index contributed by atoms with van der Waals surface area (Å²) in [4.78, 5) is 27.8. The number of nitrogens with zero attached hydrogens (tertiary/aromatic N) is 1. The number of carbonyl (C=O) groups excluding carboxylic acids is 2. The lowest BCUT2D eigenvalue weighted by molar-refractivity contribution is -0.114. The van der Waals surface area contributed by atoms with E-state index >= 15 is 0 Å². The lowest BCUT2D eigenvalue weighted by atomic mass is 10.1. The summed E-state index contributed by atoms with van der Waals surface area (Å²) in [5, 5.41) is 7.24. The minimum atomic E-state index is -0.516. The third kappa shape index (κ3) is 4.34. The number of ether oxygens (including phenoxy) is 1. The fraction of sp³-hybridized carbons (Fsp3) is 0.150. The van der Waals surface area contributed by atoms with E-state index < -0.39 is 5.82 Å². The Labute approximate surface area is 165 Å². The molecule has 8 heteroatoms. The van der Waals surface area contributed by atoms with Gasteiger partial charge >= 0.3 is 0 Å². The Morgan fingerprint density at radius 2 is 1.93 bits per heavy atom. The maximum atomic E-state index is 14.4. The molecular formula is C20H18FN3O3S. The van der Waals surface area contributed by atoms with Crippen molar-refractivity contribution in [3.8, 4) is 17.0 Å². The van der Waals surface area contributed by atoms with E-state index in [0.717, 1.165) is 5.56 Å². The number of benzene rings is 2. The van der Waals surface area contributed by atoms with E-state index in [9.17, 15) is 14.0 Å². The number of amides is 2. The first kappa shape index (κ1) is 19.5. The van der Waals surface area contributed by atoms with E-state index in [0.29, 0.717) is 27.8 Å². The van der Waals surface area contributed by atoms with Gasteiger partial charge in [0, 0.05) is 29.1 Å². The largest absolute Gasteiger partial charge is 0.496 e. The maximum absolute atomic E-state index is 14.4. The molecule has 0 bridgehead atoms. The van der Waals surface area contributed by atoms with Crippen molar-refractivity contribution in [2.75, 3.05) is 17.7 Å². The SMILES string of the molecule is COc1cc(C(=O)Nc2nc(-c3ccc(NC(C)=O)cc3F)cs2)ccc1C. The molecule has 3 rings (SSSR count). The van der Waals surface area contributed by atoms with Crippen molar-refractivity contribution >= 4 is 34.0 Å². The van der Waals surface area contributed by atoms with Crippen LogP contribution in [0.2, 0.25) is 0 Å². The fourth-order valence-electron chi connectivity index (χ4n) is 2.59. The molecule has 2 aromatic carbocycles. The van der Waals surface area contributed by atoms with E-state index in [-0.39, 0.29) is 17.4 Å².